The molecule has 0 aromatic rings. The molecule has 1 aliphatic heterocycles. The number of hydrogen-bond acceptors (Lipinski definition) is 6. The van der Waals surface area contributed by atoms with Crippen molar-refractivity contribution in [1.82, 2.24) is 4.90 Å². The molecule has 14 heavy (non-hydrogen) atoms. The van der Waals surface area contributed by atoms with Crippen LogP contribution in [0, 0.1) is 0 Å². The van der Waals surface area contributed by atoms with Gasteiger partial charge in [0.05, 0.1) is 13.7 Å². The van der Waals surface area contributed by atoms with Gasteiger partial charge in [-0.15, -0.1) is 0 Å². The van der Waals surface area contributed by atoms with Crippen molar-refractivity contribution in [2.24, 2.45) is 5.73 Å². The SMILES string of the molecule is COC(=O)[C@H](N)CN1C(=O)COC1=O. The maximum absolute atomic E-state index is 11.0. The Morgan fingerprint density at radius 3 is 2.79 bits per heavy atom. The van der Waals surface area contributed by atoms with Gasteiger partial charge in [-0.2, -0.15) is 0 Å². The van der Waals surface area contributed by atoms with Crippen molar-refractivity contribution in [2.75, 3.05) is 20.3 Å². The van der Waals surface area contributed by atoms with Gasteiger partial charge >= 0.3 is 12.1 Å². The molecule has 0 bridgehead atoms. The number of ether oxygens (including phenoxy) is 2. The Morgan fingerprint density at radius 1 is 1.71 bits per heavy atom. The first kappa shape index (κ1) is 10.5. The van der Waals surface area contributed by atoms with Gasteiger partial charge in [-0.1, -0.05) is 0 Å². The zero-order chi connectivity index (χ0) is 10.7. The molecule has 0 unspecified atom stereocenters. The second kappa shape index (κ2) is 4.05. The van der Waals surface area contributed by atoms with Crippen molar-refractivity contribution in [2.45, 2.75) is 6.04 Å². The minimum atomic E-state index is -1.03. The molecule has 1 aliphatic rings. The maximum Gasteiger partial charge on any atom is 0.417 e. The summed E-state index contributed by atoms with van der Waals surface area (Å²) in [6.45, 7) is -0.517. The van der Waals surface area contributed by atoms with Crippen LogP contribution < -0.4 is 5.73 Å². The van der Waals surface area contributed by atoms with Gasteiger partial charge in [0.25, 0.3) is 5.91 Å². The summed E-state index contributed by atoms with van der Waals surface area (Å²) in [6.07, 6.45) is -0.783. The van der Waals surface area contributed by atoms with E-state index in [9.17, 15) is 14.4 Å². The number of rotatable bonds is 3. The fourth-order valence-electron chi connectivity index (χ4n) is 0.980. The molecule has 78 valence electrons. The first-order chi connectivity index (χ1) is 6.56. The van der Waals surface area contributed by atoms with Crippen molar-refractivity contribution < 1.29 is 23.9 Å². The summed E-state index contributed by atoms with van der Waals surface area (Å²) < 4.78 is 8.76. The van der Waals surface area contributed by atoms with Gasteiger partial charge in [-0.25, -0.2) is 9.69 Å². The lowest BCUT2D eigenvalue weighted by Crippen LogP contribution is -2.45. The van der Waals surface area contributed by atoms with Crippen molar-refractivity contribution in [3.63, 3.8) is 0 Å². The third-order valence-electron chi connectivity index (χ3n) is 1.72. The number of hydrogen-bond donors (Lipinski definition) is 1. The number of cyclic esters (lactones) is 1. The first-order valence-corrected chi connectivity index (χ1v) is 3.86. The summed E-state index contributed by atoms with van der Waals surface area (Å²) in [7, 11) is 1.17. The standard InChI is InChI=1S/C7H10N2O5/c1-13-6(11)4(8)2-9-5(10)3-14-7(9)12/h4H,2-3,8H2,1H3/t4-/m1/s1. The average molecular weight is 202 g/mol. The van der Waals surface area contributed by atoms with Gasteiger partial charge < -0.3 is 15.2 Å². The number of nitrogens with two attached hydrogens (primary N) is 1. The van der Waals surface area contributed by atoms with Gasteiger partial charge in [-0.05, 0) is 0 Å². The van der Waals surface area contributed by atoms with Crippen molar-refractivity contribution in [1.29, 1.82) is 0 Å². The third-order valence-corrected chi connectivity index (χ3v) is 1.72. The largest absolute Gasteiger partial charge is 0.468 e. The maximum atomic E-state index is 11.0. The number of carbonyl (C=O) groups excluding carboxylic acids is 3. The van der Waals surface area contributed by atoms with Crippen molar-refractivity contribution >= 4 is 18.0 Å². The minimum absolute atomic E-state index is 0.218. The van der Waals surface area contributed by atoms with Crippen LogP contribution >= 0.6 is 0 Å². The van der Waals surface area contributed by atoms with Crippen LogP contribution in [0.4, 0.5) is 4.79 Å². The second-order valence-corrected chi connectivity index (χ2v) is 2.69. The van der Waals surface area contributed by atoms with Gasteiger partial charge in [0.2, 0.25) is 0 Å². The molecule has 0 radical (unpaired) electrons. The number of carbonyl (C=O) groups is 3. The molecule has 2 N–H and O–H groups in total. The zero-order valence-corrected chi connectivity index (χ0v) is 7.56. The van der Waals surface area contributed by atoms with E-state index in [0.717, 1.165) is 4.90 Å². The van der Waals surface area contributed by atoms with Gasteiger partial charge in [0.1, 0.15) is 6.04 Å². The van der Waals surface area contributed by atoms with E-state index >= 15 is 0 Å². The lowest BCUT2D eigenvalue weighted by molar-refractivity contribution is -0.142. The molecule has 0 aromatic carbocycles. The van der Waals surface area contributed by atoms with E-state index in [1.807, 2.05) is 0 Å². The Balaban J connectivity index is 2.55. The van der Waals surface area contributed by atoms with E-state index in [0.29, 0.717) is 0 Å². The van der Waals surface area contributed by atoms with Crippen LogP contribution in [0.25, 0.3) is 0 Å². The molecular formula is C7H10N2O5. The summed E-state index contributed by atoms with van der Waals surface area (Å²) in [6, 6.07) is -1.03. The highest BCUT2D eigenvalue weighted by molar-refractivity contribution is 5.98. The highest BCUT2D eigenvalue weighted by atomic mass is 16.6. The molecule has 1 atom stereocenters. The molecule has 0 aromatic heterocycles. The molecule has 1 heterocycles. The van der Waals surface area contributed by atoms with E-state index in [1.165, 1.54) is 7.11 Å². The van der Waals surface area contributed by atoms with E-state index in [1.54, 1.807) is 0 Å². The lowest BCUT2D eigenvalue weighted by atomic mass is 10.3. The highest BCUT2D eigenvalue weighted by Crippen LogP contribution is 2.05. The quantitative estimate of drug-likeness (QED) is 0.557. The first-order valence-electron chi connectivity index (χ1n) is 3.86. The van der Waals surface area contributed by atoms with Crippen LogP contribution in [0.5, 0.6) is 0 Å². The van der Waals surface area contributed by atoms with E-state index in [-0.39, 0.29) is 13.2 Å². The molecule has 0 aliphatic carbocycles. The van der Waals surface area contributed by atoms with Gasteiger partial charge in [0, 0.05) is 0 Å². The number of imide groups is 1. The second-order valence-electron chi connectivity index (χ2n) is 2.69. The Bertz CT molecular complexity index is 261. The fraction of sp³-hybridized carbons (Fsp3) is 0.571. The number of esters is 1. The molecule has 1 fully saturated rings. The molecule has 7 nitrogen and oxygen atoms in total. The summed E-state index contributed by atoms with van der Waals surface area (Å²) in [4.78, 5) is 33.6. The number of methoxy groups -OCH3 is 1. The van der Waals surface area contributed by atoms with E-state index < -0.39 is 24.0 Å². The monoisotopic (exact) mass is 202 g/mol. The van der Waals surface area contributed by atoms with Gasteiger partial charge in [0.15, 0.2) is 6.61 Å². The van der Waals surface area contributed by atoms with E-state index in [4.69, 9.17) is 5.73 Å². The fourth-order valence-corrected chi connectivity index (χ4v) is 0.980. The summed E-state index contributed by atoms with van der Waals surface area (Å²) >= 11 is 0. The normalized spacial score (nSPS) is 18.0. The molecule has 0 saturated carbocycles. The Labute approximate surface area is 79.7 Å². The van der Waals surface area contributed by atoms with Crippen LogP contribution in [0.3, 0.4) is 0 Å². The van der Waals surface area contributed by atoms with Crippen LogP contribution in [0.1, 0.15) is 0 Å². The molecule has 1 saturated heterocycles. The van der Waals surface area contributed by atoms with E-state index in [2.05, 4.69) is 9.47 Å². The summed E-state index contributed by atoms with van der Waals surface area (Å²) in [5.74, 6) is -1.19. The zero-order valence-electron chi connectivity index (χ0n) is 7.56. The molecule has 2 amide bonds. The van der Waals surface area contributed by atoms with Crippen LogP contribution in [-0.4, -0.2) is 49.2 Å². The summed E-state index contributed by atoms with van der Waals surface area (Å²) in [5.41, 5.74) is 5.36. The van der Waals surface area contributed by atoms with Crippen LogP contribution in [-0.2, 0) is 19.1 Å². The summed E-state index contributed by atoms with van der Waals surface area (Å²) in [5, 5.41) is 0. The Kier molecular flexibility index (Phi) is 3.03. The van der Waals surface area contributed by atoms with Crippen LogP contribution in [0.15, 0.2) is 0 Å². The smallest absolute Gasteiger partial charge is 0.417 e. The van der Waals surface area contributed by atoms with Crippen LogP contribution in [0.2, 0.25) is 0 Å². The third kappa shape index (κ3) is 1.99. The van der Waals surface area contributed by atoms with Crippen molar-refractivity contribution in [3.8, 4) is 0 Å². The molecule has 1 rings (SSSR count). The molecule has 0 spiro atoms. The molecular weight excluding hydrogens is 192 g/mol. The Hall–Kier alpha value is -1.63. The average Bonchev–Trinajstić information content (AvgIpc) is 2.48. The predicted molar refractivity (Wildman–Crippen MR) is 43.1 cm³/mol. The molecule has 7 heteroatoms. The Morgan fingerprint density at radius 2 is 2.36 bits per heavy atom. The highest BCUT2D eigenvalue weighted by Gasteiger charge is 2.33. The number of amides is 2. The predicted octanol–water partition coefficient (Wildman–Crippen LogP) is -1.53. The topological polar surface area (TPSA) is 98.9 Å². The van der Waals surface area contributed by atoms with Gasteiger partial charge in [-0.3, -0.25) is 9.59 Å². The minimum Gasteiger partial charge on any atom is -0.468 e. The number of nitrogens with zero attached hydrogens (tertiary/aromatic N) is 1. The lowest BCUT2D eigenvalue weighted by Gasteiger charge is -2.14. The van der Waals surface area contributed by atoms with Crippen molar-refractivity contribution in [3.05, 3.63) is 0 Å².